The third-order valence-corrected chi connectivity index (χ3v) is 4.53. The number of nitrogens with one attached hydrogen (secondary N) is 3. The molecule has 3 amide bonds. The molecule has 2 aromatic rings. The lowest BCUT2D eigenvalue weighted by Gasteiger charge is -2.31. The zero-order chi connectivity index (χ0) is 17.6. The number of halogens is 1. The quantitative estimate of drug-likeness (QED) is 0.781. The van der Waals surface area contributed by atoms with Crippen LogP contribution in [0.4, 0.5) is 10.5 Å². The zero-order valence-corrected chi connectivity index (χ0v) is 14.4. The van der Waals surface area contributed by atoms with Crippen LogP contribution in [0.5, 0.6) is 0 Å². The molecule has 1 aliphatic heterocycles. The van der Waals surface area contributed by atoms with Gasteiger partial charge in [-0.05, 0) is 37.1 Å². The smallest absolute Gasteiger partial charge is 0.319 e. The average molecular weight is 362 g/mol. The topological polar surface area (TPSA) is 90.1 Å². The summed E-state index contributed by atoms with van der Waals surface area (Å²) in [4.78, 5) is 25.9. The van der Waals surface area contributed by atoms with Gasteiger partial charge in [-0.2, -0.15) is 5.10 Å². The van der Waals surface area contributed by atoms with Gasteiger partial charge in [-0.15, -0.1) is 0 Å². The summed E-state index contributed by atoms with van der Waals surface area (Å²) in [5.41, 5.74) is 1.70. The number of anilines is 1. The first kappa shape index (κ1) is 17.3. The van der Waals surface area contributed by atoms with E-state index in [4.69, 9.17) is 11.6 Å². The van der Waals surface area contributed by atoms with Crippen molar-refractivity contribution in [1.29, 1.82) is 0 Å². The summed E-state index contributed by atoms with van der Waals surface area (Å²) in [6.45, 7) is 1.33. The van der Waals surface area contributed by atoms with E-state index in [0.29, 0.717) is 29.7 Å². The molecule has 1 saturated heterocycles. The molecule has 1 aromatic carbocycles. The van der Waals surface area contributed by atoms with Crippen LogP contribution in [0.1, 0.15) is 24.5 Å². The van der Waals surface area contributed by atoms with Crippen molar-refractivity contribution in [2.75, 3.05) is 25.0 Å². The standard InChI is InChI=1S/C17H20ClN5O2/c18-13-2-1-3-14(10-13)21-17(25)19-11-16(24)23-8-5-12(6-9-23)15-4-7-20-22-15/h1-4,7,10,12H,5-6,8-9,11H2,(H,20,22)(H2,19,21,25). The fourth-order valence-corrected chi connectivity index (χ4v) is 3.13. The van der Waals surface area contributed by atoms with E-state index in [0.717, 1.165) is 18.5 Å². The van der Waals surface area contributed by atoms with Crippen LogP contribution in [-0.2, 0) is 4.79 Å². The van der Waals surface area contributed by atoms with Crippen LogP contribution in [0.3, 0.4) is 0 Å². The Bertz CT molecular complexity index is 726. The molecule has 1 fully saturated rings. The van der Waals surface area contributed by atoms with E-state index >= 15 is 0 Å². The minimum Gasteiger partial charge on any atom is -0.341 e. The van der Waals surface area contributed by atoms with E-state index in [1.807, 2.05) is 6.07 Å². The summed E-state index contributed by atoms with van der Waals surface area (Å²) in [5, 5.41) is 12.7. The second-order valence-electron chi connectivity index (χ2n) is 5.99. The molecule has 3 N–H and O–H groups in total. The third kappa shape index (κ3) is 4.73. The highest BCUT2D eigenvalue weighted by molar-refractivity contribution is 6.30. The number of aromatic amines is 1. The van der Waals surface area contributed by atoms with Gasteiger partial charge in [-0.25, -0.2) is 4.79 Å². The Kier molecular flexibility index (Phi) is 5.55. The van der Waals surface area contributed by atoms with Crippen LogP contribution in [0, 0.1) is 0 Å². The molecule has 7 nitrogen and oxygen atoms in total. The summed E-state index contributed by atoms with van der Waals surface area (Å²) in [6.07, 6.45) is 3.53. The minimum atomic E-state index is -0.428. The fraction of sp³-hybridized carbons (Fsp3) is 0.353. The van der Waals surface area contributed by atoms with Gasteiger partial charge >= 0.3 is 6.03 Å². The van der Waals surface area contributed by atoms with Crippen molar-refractivity contribution in [3.8, 4) is 0 Å². The van der Waals surface area contributed by atoms with E-state index < -0.39 is 6.03 Å². The zero-order valence-electron chi connectivity index (χ0n) is 13.7. The van der Waals surface area contributed by atoms with E-state index in [9.17, 15) is 9.59 Å². The Hall–Kier alpha value is -2.54. The van der Waals surface area contributed by atoms with Crippen molar-refractivity contribution in [3.63, 3.8) is 0 Å². The summed E-state index contributed by atoms with van der Waals surface area (Å²) in [6, 6.07) is 8.39. The Labute approximate surface area is 150 Å². The van der Waals surface area contributed by atoms with Gasteiger partial charge in [0, 0.05) is 41.6 Å². The number of urea groups is 1. The number of piperidine rings is 1. The van der Waals surface area contributed by atoms with Crippen molar-refractivity contribution in [3.05, 3.63) is 47.2 Å². The molecule has 1 aliphatic rings. The highest BCUT2D eigenvalue weighted by Gasteiger charge is 2.24. The van der Waals surface area contributed by atoms with Crippen molar-refractivity contribution in [2.24, 2.45) is 0 Å². The molecule has 2 heterocycles. The van der Waals surface area contributed by atoms with Crippen LogP contribution in [0.2, 0.25) is 5.02 Å². The van der Waals surface area contributed by atoms with Gasteiger partial charge in [0.1, 0.15) is 0 Å². The van der Waals surface area contributed by atoms with Crippen LogP contribution >= 0.6 is 11.6 Å². The number of carbonyl (C=O) groups is 2. The maximum Gasteiger partial charge on any atom is 0.319 e. The number of hydrogen-bond donors (Lipinski definition) is 3. The first-order chi connectivity index (χ1) is 12.1. The van der Waals surface area contributed by atoms with Crippen molar-refractivity contribution in [2.45, 2.75) is 18.8 Å². The molecule has 8 heteroatoms. The molecule has 1 aromatic heterocycles. The van der Waals surface area contributed by atoms with Gasteiger partial charge in [-0.1, -0.05) is 17.7 Å². The van der Waals surface area contributed by atoms with E-state index in [-0.39, 0.29) is 12.5 Å². The minimum absolute atomic E-state index is 0.0267. The predicted molar refractivity (Wildman–Crippen MR) is 95.6 cm³/mol. The molecule has 132 valence electrons. The predicted octanol–water partition coefficient (Wildman–Crippen LogP) is 2.59. The van der Waals surface area contributed by atoms with E-state index in [1.54, 1.807) is 35.4 Å². The number of amides is 3. The lowest BCUT2D eigenvalue weighted by atomic mass is 9.94. The summed E-state index contributed by atoms with van der Waals surface area (Å²) < 4.78 is 0. The number of hydrogen-bond acceptors (Lipinski definition) is 3. The molecular weight excluding hydrogens is 342 g/mol. The largest absolute Gasteiger partial charge is 0.341 e. The van der Waals surface area contributed by atoms with Crippen LogP contribution in [0.15, 0.2) is 36.5 Å². The highest BCUT2D eigenvalue weighted by atomic mass is 35.5. The first-order valence-electron chi connectivity index (χ1n) is 8.19. The Morgan fingerprint density at radius 3 is 2.76 bits per heavy atom. The molecule has 25 heavy (non-hydrogen) atoms. The molecule has 0 bridgehead atoms. The molecule has 0 atom stereocenters. The van der Waals surface area contributed by atoms with E-state index in [1.165, 1.54) is 0 Å². The van der Waals surface area contributed by atoms with Crippen LogP contribution in [-0.4, -0.2) is 46.7 Å². The van der Waals surface area contributed by atoms with Crippen molar-refractivity contribution in [1.82, 2.24) is 20.4 Å². The second-order valence-corrected chi connectivity index (χ2v) is 6.42. The van der Waals surface area contributed by atoms with Crippen LogP contribution < -0.4 is 10.6 Å². The Balaban J connectivity index is 1.41. The number of benzene rings is 1. The SMILES string of the molecule is O=C(NCC(=O)N1CCC(c2ccn[nH]2)CC1)Nc1cccc(Cl)c1. The molecule has 0 spiro atoms. The number of H-pyrrole nitrogens is 1. The fourth-order valence-electron chi connectivity index (χ4n) is 2.94. The molecule has 0 unspecified atom stereocenters. The Morgan fingerprint density at radius 1 is 1.28 bits per heavy atom. The van der Waals surface area contributed by atoms with Crippen molar-refractivity contribution >= 4 is 29.2 Å². The monoisotopic (exact) mass is 361 g/mol. The van der Waals surface area contributed by atoms with E-state index in [2.05, 4.69) is 20.8 Å². The molecule has 0 aliphatic carbocycles. The van der Waals surface area contributed by atoms with Gasteiger partial charge in [0.05, 0.1) is 6.54 Å². The number of carbonyl (C=O) groups excluding carboxylic acids is 2. The first-order valence-corrected chi connectivity index (χ1v) is 8.57. The van der Waals surface area contributed by atoms with Gasteiger partial charge in [0.25, 0.3) is 0 Å². The lowest BCUT2D eigenvalue weighted by molar-refractivity contribution is -0.131. The molecule has 3 rings (SSSR count). The van der Waals surface area contributed by atoms with Gasteiger partial charge < -0.3 is 15.5 Å². The molecule has 0 saturated carbocycles. The lowest BCUT2D eigenvalue weighted by Crippen LogP contribution is -2.44. The summed E-state index contributed by atoms with van der Waals surface area (Å²) in [7, 11) is 0. The second kappa shape index (κ2) is 8.02. The average Bonchev–Trinajstić information content (AvgIpc) is 3.14. The van der Waals surface area contributed by atoms with Gasteiger partial charge in [0.2, 0.25) is 5.91 Å². The Morgan fingerprint density at radius 2 is 2.08 bits per heavy atom. The normalized spacial score (nSPS) is 15.0. The molecular formula is C17H20ClN5O2. The van der Waals surface area contributed by atoms with Crippen LogP contribution in [0.25, 0.3) is 0 Å². The maximum atomic E-state index is 12.2. The number of rotatable bonds is 4. The number of likely N-dealkylation sites (tertiary alicyclic amines) is 1. The highest BCUT2D eigenvalue weighted by Crippen LogP contribution is 2.26. The summed E-state index contributed by atoms with van der Waals surface area (Å²) in [5.74, 6) is 0.329. The third-order valence-electron chi connectivity index (χ3n) is 4.29. The van der Waals surface area contributed by atoms with Gasteiger partial charge in [0.15, 0.2) is 0 Å². The summed E-state index contributed by atoms with van der Waals surface area (Å²) >= 11 is 5.87. The van der Waals surface area contributed by atoms with Gasteiger partial charge in [-0.3, -0.25) is 9.89 Å². The molecule has 0 radical (unpaired) electrons. The number of nitrogens with zero attached hydrogens (tertiary/aromatic N) is 2. The van der Waals surface area contributed by atoms with Crippen molar-refractivity contribution < 1.29 is 9.59 Å². The number of aromatic nitrogens is 2. The maximum absolute atomic E-state index is 12.2.